The fraction of sp³-hybridized carbons (Fsp3) is 0.300. The van der Waals surface area contributed by atoms with Crippen LogP contribution in [0.4, 0.5) is 0 Å². The van der Waals surface area contributed by atoms with Crippen LogP contribution in [0.25, 0.3) is 0 Å². The van der Waals surface area contributed by atoms with E-state index in [1.165, 1.54) is 11.8 Å². The average molecular weight is 235 g/mol. The molecule has 0 aromatic carbocycles. The summed E-state index contributed by atoms with van der Waals surface area (Å²) in [6, 6.07) is 3.89. The van der Waals surface area contributed by atoms with Gasteiger partial charge in [0.1, 0.15) is 6.33 Å². The van der Waals surface area contributed by atoms with Gasteiger partial charge in [0.05, 0.1) is 5.69 Å². The second-order valence-electron chi connectivity index (χ2n) is 3.53. The highest BCUT2D eigenvalue weighted by Crippen LogP contribution is 2.24. The second kappa shape index (κ2) is 4.63. The molecule has 0 bridgehead atoms. The van der Waals surface area contributed by atoms with Crippen molar-refractivity contribution < 1.29 is 0 Å². The normalized spacial score (nSPS) is 12.7. The van der Waals surface area contributed by atoms with Gasteiger partial charge in [-0.15, -0.1) is 10.2 Å². The molecule has 0 amide bonds. The van der Waals surface area contributed by atoms with Crippen LogP contribution in [0.2, 0.25) is 0 Å². The van der Waals surface area contributed by atoms with E-state index < -0.39 is 0 Å². The van der Waals surface area contributed by atoms with E-state index in [1.807, 2.05) is 30.7 Å². The average Bonchev–Trinajstić information content (AvgIpc) is 2.65. The fourth-order valence-electron chi connectivity index (χ4n) is 1.19. The van der Waals surface area contributed by atoms with Gasteiger partial charge in [0, 0.05) is 24.2 Å². The van der Waals surface area contributed by atoms with Crippen molar-refractivity contribution in [3.63, 3.8) is 0 Å². The van der Waals surface area contributed by atoms with Crippen LogP contribution in [0.3, 0.4) is 0 Å². The fourth-order valence-corrected chi connectivity index (χ4v) is 1.92. The first-order chi connectivity index (χ1) is 7.66. The number of aromatic nitrogens is 4. The van der Waals surface area contributed by atoms with Gasteiger partial charge in [0.2, 0.25) is 0 Å². The molecule has 0 aliphatic rings. The molecule has 1 atom stereocenters. The quantitative estimate of drug-likeness (QED) is 0.870. The van der Waals surface area contributed by atoms with E-state index in [0.29, 0.717) is 0 Å². The smallest absolute Gasteiger partial charge is 0.195 e. The Kier molecular flexibility index (Phi) is 3.21. The Balaban J connectivity index is 2.14. The van der Waals surface area contributed by atoms with Crippen molar-refractivity contribution in [1.82, 2.24) is 19.7 Å². The summed E-state index contributed by atoms with van der Waals surface area (Å²) >= 11 is 1.53. The summed E-state index contributed by atoms with van der Waals surface area (Å²) in [7, 11) is 1.91. The molecule has 2 aromatic heterocycles. The van der Waals surface area contributed by atoms with E-state index in [9.17, 15) is 0 Å². The third-order valence-corrected chi connectivity index (χ3v) is 3.13. The van der Waals surface area contributed by atoms with E-state index in [4.69, 9.17) is 5.73 Å². The van der Waals surface area contributed by atoms with Gasteiger partial charge in [0.15, 0.2) is 5.16 Å². The van der Waals surface area contributed by atoms with Gasteiger partial charge in [-0.3, -0.25) is 4.98 Å². The van der Waals surface area contributed by atoms with Crippen molar-refractivity contribution >= 4 is 11.8 Å². The first-order valence-electron chi connectivity index (χ1n) is 4.90. The minimum absolute atomic E-state index is 0.0334. The molecule has 0 spiro atoms. The Morgan fingerprint density at radius 2 is 2.25 bits per heavy atom. The summed E-state index contributed by atoms with van der Waals surface area (Å²) in [5.74, 6) is 0. The van der Waals surface area contributed by atoms with Gasteiger partial charge >= 0.3 is 0 Å². The van der Waals surface area contributed by atoms with E-state index in [1.54, 1.807) is 12.5 Å². The second-order valence-corrected chi connectivity index (χ2v) is 4.57. The number of hydrogen-bond donors (Lipinski definition) is 1. The van der Waals surface area contributed by atoms with E-state index in [2.05, 4.69) is 15.2 Å². The van der Waals surface area contributed by atoms with E-state index in [-0.39, 0.29) is 6.04 Å². The molecule has 0 radical (unpaired) electrons. The van der Waals surface area contributed by atoms with Crippen LogP contribution in [0.1, 0.15) is 18.7 Å². The van der Waals surface area contributed by atoms with Crippen LogP contribution in [0.5, 0.6) is 0 Å². The molecule has 2 rings (SSSR count). The zero-order chi connectivity index (χ0) is 11.5. The van der Waals surface area contributed by atoms with Crippen molar-refractivity contribution in [3.8, 4) is 0 Å². The van der Waals surface area contributed by atoms with Crippen molar-refractivity contribution in [2.75, 3.05) is 0 Å². The molecule has 5 nitrogen and oxygen atoms in total. The lowest BCUT2D eigenvalue weighted by molar-refractivity contribution is 0.775. The predicted octanol–water partition coefficient (Wildman–Crippen LogP) is 1.38. The van der Waals surface area contributed by atoms with Gasteiger partial charge in [-0.05, 0) is 30.8 Å². The third kappa shape index (κ3) is 2.40. The first-order valence-corrected chi connectivity index (χ1v) is 5.72. The maximum absolute atomic E-state index is 5.73. The lowest BCUT2D eigenvalue weighted by Gasteiger charge is -2.05. The van der Waals surface area contributed by atoms with Crippen LogP contribution >= 0.6 is 11.8 Å². The summed E-state index contributed by atoms with van der Waals surface area (Å²) < 4.78 is 1.87. The van der Waals surface area contributed by atoms with Crippen molar-refractivity contribution in [1.29, 1.82) is 0 Å². The van der Waals surface area contributed by atoms with Gasteiger partial charge in [-0.1, -0.05) is 0 Å². The minimum Gasteiger partial charge on any atom is -0.323 e. The zero-order valence-electron chi connectivity index (χ0n) is 9.16. The zero-order valence-corrected chi connectivity index (χ0v) is 9.98. The largest absolute Gasteiger partial charge is 0.323 e. The molecule has 0 aliphatic heterocycles. The number of nitrogens with two attached hydrogens (primary N) is 1. The number of aryl methyl sites for hydroxylation is 1. The van der Waals surface area contributed by atoms with Crippen molar-refractivity contribution in [3.05, 3.63) is 30.4 Å². The predicted molar refractivity (Wildman–Crippen MR) is 62.0 cm³/mol. The van der Waals surface area contributed by atoms with Gasteiger partial charge in [-0.25, -0.2) is 0 Å². The lowest BCUT2D eigenvalue weighted by atomic mass is 10.2. The molecule has 0 fully saturated rings. The monoisotopic (exact) mass is 235 g/mol. The van der Waals surface area contributed by atoms with Gasteiger partial charge in [0.25, 0.3) is 0 Å². The van der Waals surface area contributed by atoms with Crippen LogP contribution in [-0.2, 0) is 7.05 Å². The Morgan fingerprint density at radius 1 is 1.44 bits per heavy atom. The number of pyridine rings is 1. The van der Waals surface area contributed by atoms with Gasteiger partial charge < -0.3 is 10.3 Å². The molecule has 2 aromatic rings. The Bertz CT molecular complexity index is 462. The van der Waals surface area contributed by atoms with Crippen LogP contribution in [0, 0.1) is 0 Å². The molecule has 84 valence electrons. The number of hydrogen-bond acceptors (Lipinski definition) is 5. The lowest BCUT2D eigenvalue weighted by Crippen LogP contribution is -2.06. The summed E-state index contributed by atoms with van der Waals surface area (Å²) in [5.41, 5.74) is 6.62. The summed E-state index contributed by atoms with van der Waals surface area (Å²) in [6.45, 7) is 1.91. The Labute approximate surface area is 98.1 Å². The van der Waals surface area contributed by atoms with Crippen LogP contribution < -0.4 is 5.73 Å². The maximum atomic E-state index is 5.73. The minimum atomic E-state index is -0.0334. The summed E-state index contributed by atoms with van der Waals surface area (Å²) in [4.78, 5) is 5.31. The highest BCUT2D eigenvalue weighted by molar-refractivity contribution is 7.99. The standard InChI is InChI=1S/C10H13N5S/c1-7(11)9-4-3-8(5-12-9)16-10-14-13-6-15(10)2/h3-7H,11H2,1-2H3/t7-/m0/s1. The SMILES string of the molecule is C[C@H](N)c1ccc(Sc2nncn2C)cn1. The number of rotatable bonds is 3. The molecule has 16 heavy (non-hydrogen) atoms. The van der Waals surface area contributed by atoms with Crippen LogP contribution in [-0.4, -0.2) is 19.7 Å². The van der Waals surface area contributed by atoms with Crippen LogP contribution in [0.15, 0.2) is 34.7 Å². The molecule has 2 N–H and O–H groups in total. The number of nitrogens with zero attached hydrogens (tertiary/aromatic N) is 4. The molecule has 2 heterocycles. The molecular formula is C10H13N5S. The summed E-state index contributed by atoms with van der Waals surface area (Å²) in [5, 5.41) is 8.65. The molecular weight excluding hydrogens is 222 g/mol. The van der Waals surface area contributed by atoms with Crippen molar-refractivity contribution in [2.24, 2.45) is 12.8 Å². The Morgan fingerprint density at radius 3 is 2.75 bits per heavy atom. The van der Waals surface area contributed by atoms with Gasteiger partial charge in [-0.2, -0.15) is 0 Å². The topological polar surface area (TPSA) is 69.6 Å². The molecule has 0 unspecified atom stereocenters. The van der Waals surface area contributed by atoms with E-state index >= 15 is 0 Å². The third-order valence-electron chi connectivity index (χ3n) is 2.10. The molecule has 0 aliphatic carbocycles. The molecule has 6 heteroatoms. The first kappa shape index (κ1) is 11.1. The van der Waals surface area contributed by atoms with E-state index in [0.717, 1.165) is 15.7 Å². The molecule has 0 saturated carbocycles. The highest BCUT2D eigenvalue weighted by Gasteiger charge is 2.05. The molecule has 0 saturated heterocycles. The highest BCUT2D eigenvalue weighted by atomic mass is 32.2. The maximum Gasteiger partial charge on any atom is 0.195 e. The Hall–Kier alpha value is -1.40. The van der Waals surface area contributed by atoms with Crippen molar-refractivity contribution in [2.45, 2.75) is 23.0 Å². The summed E-state index contributed by atoms with van der Waals surface area (Å²) in [6.07, 6.45) is 3.48.